The molecule has 0 heterocycles. The van der Waals surface area contributed by atoms with Crippen molar-refractivity contribution in [1.82, 2.24) is 4.31 Å². The summed E-state index contributed by atoms with van der Waals surface area (Å²) in [5.74, 6) is 0. The normalized spacial score (nSPS) is 13.8. The van der Waals surface area contributed by atoms with Gasteiger partial charge in [-0.25, -0.2) is 12.7 Å². The Bertz CT molecular complexity index is 512. The highest BCUT2D eigenvalue weighted by Crippen LogP contribution is 2.21. The van der Waals surface area contributed by atoms with E-state index in [9.17, 15) is 13.5 Å². The second-order valence-electron chi connectivity index (χ2n) is 4.49. The highest BCUT2D eigenvalue weighted by Gasteiger charge is 2.22. The van der Waals surface area contributed by atoms with E-state index in [1.165, 1.54) is 17.4 Å². The standard InChI is InChI=1S/C12H20N2O3S/c1-9-4-5-11(13)8-12(9)18(16,17)14(3)7-6-10(2)15/h4-5,8,10,15H,6-7,13H2,1-3H3. The Hall–Kier alpha value is -1.11. The van der Waals surface area contributed by atoms with Gasteiger partial charge in [-0.05, 0) is 38.0 Å². The lowest BCUT2D eigenvalue weighted by Crippen LogP contribution is -2.30. The van der Waals surface area contributed by atoms with Crippen molar-refractivity contribution < 1.29 is 13.5 Å². The van der Waals surface area contributed by atoms with Gasteiger partial charge in [-0.15, -0.1) is 0 Å². The van der Waals surface area contributed by atoms with Crippen LogP contribution in [0, 0.1) is 6.92 Å². The molecule has 0 fully saturated rings. The fraction of sp³-hybridized carbons (Fsp3) is 0.500. The summed E-state index contributed by atoms with van der Waals surface area (Å²) in [4.78, 5) is 0.218. The quantitative estimate of drug-likeness (QED) is 0.782. The van der Waals surface area contributed by atoms with E-state index in [2.05, 4.69) is 0 Å². The minimum atomic E-state index is -3.55. The highest BCUT2D eigenvalue weighted by atomic mass is 32.2. The first kappa shape index (κ1) is 14.9. The van der Waals surface area contributed by atoms with Gasteiger partial charge in [0, 0.05) is 19.3 Å². The van der Waals surface area contributed by atoms with Crippen molar-refractivity contribution >= 4 is 15.7 Å². The maximum Gasteiger partial charge on any atom is 0.243 e. The number of benzene rings is 1. The molecule has 0 saturated heterocycles. The SMILES string of the molecule is Cc1ccc(N)cc1S(=O)(=O)N(C)CCC(C)O. The number of aliphatic hydroxyl groups excluding tert-OH is 1. The van der Waals surface area contributed by atoms with Crippen LogP contribution in [-0.2, 0) is 10.0 Å². The predicted molar refractivity (Wildman–Crippen MR) is 71.7 cm³/mol. The number of hydrogen-bond acceptors (Lipinski definition) is 4. The van der Waals surface area contributed by atoms with Crippen molar-refractivity contribution in [3.63, 3.8) is 0 Å². The highest BCUT2D eigenvalue weighted by molar-refractivity contribution is 7.89. The minimum Gasteiger partial charge on any atom is -0.399 e. The molecule has 0 spiro atoms. The maximum absolute atomic E-state index is 12.3. The summed E-state index contributed by atoms with van der Waals surface area (Å²) in [6, 6.07) is 4.82. The molecule has 5 nitrogen and oxygen atoms in total. The molecule has 18 heavy (non-hydrogen) atoms. The smallest absolute Gasteiger partial charge is 0.243 e. The molecule has 1 aromatic carbocycles. The number of nitrogens with two attached hydrogens (primary N) is 1. The zero-order chi connectivity index (χ0) is 13.9. The third kappa shape index (κ3) is 3.44. The van der Waals surface area contributed by atoms with E-state index in [1.54, 1.807) is 26.0 Å². The molecular formula is C12H20N2O3S. The predicted octanol–water partition coefficient (Wildman–Crippen LogP) is 0.969. The second kappa shape index (κ2) is 5.69. The van der Waals surface area contributed by atoms with Gasteiger partial charge in [-0.2, -0.15) is 0 Å². The average molecular weight is 272 g/mol. The topological polar surface area (TPSA) is 83.6 Å². The first-order valence-corrected chi connectivity index (χ1v) is 7.19. The molecule has 0 aliphatic rings. The number of anilines is 1. The van der Waals surface area contributed by atoms with E-state index in [0.717, 1.165) is 0 Å². The molecule has 0 aromatic heterocycles. The molecule has 1 rings (SSSR count). The number of nitrogens with zero attached hydrogens (tertiary/aromatic N) is 1. The lowest BCUT2D eigenvalue weighted by atomic mass is 10.2. The van der Waals surface area contributed by atoms with Crippen molar-refractivity contribution in [3.8, 4) is 0 Å². The van der Waals surface area contributed by atoms with Crippen molar-refractivity contribution in [2.24, 2.45) is 0 Å². The van der Waals surface area contributed by atoms with Gasteiger partial charge in [0.1, 0.15) is 0 Å². The number of rotatable bonds is 5. The molecular weight excluding hydrogens is 252 g/mol. The van der Waals surface area contributed by atoms with Crippen molar-refractivity contribution in [3.05, 3.63) is 23.8 Å². The third-order valence-electron chi connectivity index (χ3n) is 2.76. The molecule has 0 saturated carbocycles. The van der Waals surface area contributed by atoms with Gasteiger partial charge < -0.3 is 10.8 Å². The van der Waals surface area contributed by atoms with Crippen LogP contribution in [-0.4, -0.2) is 37.5 Å². The number of aliphatic hydroxyl groups is 1. The monoisotopic (exact) mass is 272 g/mol. The number of sulfonamides is 1. The molecule has 1 unspecified atom stereocenters. The van der Waals surface area contributed by atoms with Gasteiger partial charge in [-0.1, -0.05) is 6.07 Å². The van der Waals surface area contributed by atoms with Gasteiger partial charge in [0.2, 0.25) is 10.0 Å². The molecule has 0 amide bonds. The Balaban J connectivity index is 3.02. The summed E-state index contributed by atoms with van der Waals surface area (Å²) in [7, 11) is -2.05. The minimum absolute atomic E-state index is 0.218. The number of nitrogen functional groups attached to an aromatic ring is 1. The van der Waals surface area contributed by atoms with Crippen LogP contribution < -0.4 is 5.73 Å². The van der Waals surface area contributed by atoms with Crippen LogP contribution >= 0.6 is 0 Å². The van der Waals surface area contributed by atoms with E-state index >= 15 is 0 Å². The van der Waals surface area contributed by atoms with E-state index in [1.807, 2.05) is 0 Å². The summed E-state index contributed by atoms with van der Waals surface area (Å²) in [5, 5.41) is 9.19. The van der Waals surface area contributed by atoms with E-state index in [-0.39, 0.29) is 11.4 Å². The first-order valence-electron chi connectivity index (χ1n) is 5.75. The van der Waals surface area contributed by atoms with Gasteiger partial charge in [0.15, 0.2) is 0 Å². The Morgan fingerprint density at radius 1 is 1.44 bits per heavy atom. The second-order valence-corrected chi connectivity index (χ2v) is 6.50. The van der Waals surface area contributed by atoms with E-state index in [0.29, 0.717) is 17.7 Å². The van der Waals surface area contributed by atoms with Gasteiger partial charge in [0.25, 0.3) is 0 Å². The molecule has 0 bridgehead atoms. The third-order valence-corrected chi connectivity index (χ3v) is 4.76. The van der Waals surface area contributed by atoms with E-state index in [4.69, 9.17) is 5.73 Å². The van der Waals surface area contributed by atoms with Crippen LogP contribution in [0.3, 0.4) is 0 Å². The zero-order valence-electron chi connectivity index (χ0n) is 10.9. The molecule has 0 aliphatic carbocycles. The van der Waals surface area contributed by atoms with Crippen molar-refractivity contribution in [1.29, 1.82) is 0 Å². The van der Waals surface area contributed by atoms with Crippen LogP contribution in [0.25, 0.3) is 0 Å². The van der Waals surface area contributed by atoms with Crippen LogP contribution in [0.4, 0.5) is 5.69 Å². The molecule has 0 aliphatic heterocycles. The van der Waals surface area contributed by atoms with Gasteiger partial charge in [-0.3, -0.25) is 0 Å². The van der Waals surface area contributed by atoms with Gasteiger partial charge >= 0.3 is 0 Å². The molecule has 1 atom stereocenters. The van der Waals surface area contributed by atoms with Crippen LogP contribution in [0.2, 0.25) is 0 Å². The summed E-state index contributed by atoms with van der Waals surface area (Å²) in [6.45, 7) is 3.63. The van der Waals surface area contributed by atoms with Crippen molar-refractivity contribution in [2.45, 2.75) is 31.3 Å². The van der Waals surface area contributed by atoms with E-state index < -0.39 is 16.1 Å². The molecule has 6 heteroatoms. The van der Waals surface area contributed by atoms with Crippen molar-refractivity contribution in [2.75, 3.05) is 19.3 Å². The summed E-state index contributed by atoms with van der Waals surface area (Å²) in [6.07, 6.45) is -0.124. The molecule has 102 valence electrons. The first-order chi connectivity index (χ1) is 8.25. The Morgan fingerprint density at radius 3 is 2.61 bits per heavy atom. The number of aryl methyl sites for hydroxylation is 1. The summed E-state index contributed by atoms with van der Waals surface area (Å²) >= 11 is 0. The van der Waals surface area contributed by atoms with Crippen LogP contribution in [0.5, 0.6) is 0 Å². The lowest BCUT2D eigenvalue weighted by molar-refractivity contribution is 0.177. The van der Waals surface area contributed by atoms with Gasteiger partial charge in [0.05, 0.1) is 11.0 Å². The lowest BCUT2D eigenvalue weighted by Gasteiger charge is -2.19. The van der Waals surface area contributed by atoms with Crippen LogP contribution in [0.15, 0.2) is 23.1 Å². The zero-order valence-corrected chi connectivity index (χ0v) is 11.7. The number of hydrogen-bond donors (Lipinski definition) is 2. The fourth-order valence-corrected chi connectivity index (χ4v) is 2.99. The van der Waals surface area contributed by atoms with Crippen LogP contribution in [0.1, 0.15) is 18.9 Å². The summed E-state index contributed by atoms with van der Waals surface area (Å²) in [5.41, 5.74) is 6.70. The maximum atomic E-state index is 12.3. The molecule has 0 radical (unpaired) electrons. The Labute approximate surface area is 108 Å². The Kier molecular flexibility index (Phi) is 4.72. The molecule has 1 aromatic rings. The largest absolute Gasteiger partial charge is 0.399 e. The average Bonchev–Trinajstić information content (AvgIpc) is 2.28. The molecule has 3 N–H and O–H groups in total. The summed E-state index contributed by atoms with van der Waals surface area (Å²) < 4.78 is 25.9. The fourth-order valence-electron chi connectivity index (χ4n) is 1.55. The Morgan fingerprint density at radius 2 is 2.06 bits per heavy atom.